The van der Waals surface area contributed by atoms with E-state index in [2.05, 4.69) is 16.4 Å². The van der Waals surface area contributed by atoms with E-state index in [0.29, 0.717) is 26.1 Å². The maximum Gasteiger partial charge on any atom is 0.225 e. The molecule has 0 unspecified atom stereocenters. The highest BCUT2D eigenvalue weighted by atomic mass is 16.2. The molecule has 24 heavy (non-hydrogen) atoms. The van der Waals surface area contributed by atoms with Crippen LogP contribution in [0.5, 0.6) is 0 Å². The zero-order valence-corrected chi connectivity index (χ0v) is 14.0. The highest BCUT2D eigenvalue weighted by molar-refractivity contribution is 5.89. The Morgan fingerprint density at radius 1 is 1.33 bits per heavy atom. The van der Waals surface area contributed by atoms with E-state index in [4.69, 9.17) is 0 Å². The second-order valence-electron chi connectivity index (χ2n) is 6.65. The van der Waals surface area contributed by atoms with Crippen molar-refractivity contribution in [3.63, 3.8) is 0 Å². The SMILES string of the molecule is O=C(NCCC1=CCCCC1)[C@H]1CC(=O)N(Cc2ccccn2)C1. The van der Waals surface area contributed by atoms with Gasteiger partial charge in [0, 0.05) is 25.7 Å². The Bertz CT molecular complexity index is 612. The summed E-state index contributed by atoms with van der Waals surface area (Å²) < 4.78 is 0. The fourth-order valence-electron chi connectivity index (χ4n) is 3.41. The molecule has 1 N–H and O–H groups in total. The Balaban J connectivity index is 1.44. The van der Waals surface area contributed by atoms with E-state index in [1.165, 1.54) is 24.8 Å². The summed E-state index contributed by atoms with van der Waals surface area (Å²) in [4.78, 5) is 30.4. The van der Waals surface area contributed by atoms with Gasteiger partial charge in [0.15, 0.2) is 0 Å². The van der Waals surface area contributed by atoms with Crippen molar-refractivity contribution in [2.75, 3.05) is 13.1 Å². The van der Waals surface area contributed by atoms with Gasteiger partial charge in [0.25, 0.3) is 0 Å². The van der Waals surface area contributed by atoms with Gasteiger partial charge in [-0.2, -0.15) is 0 Å². The predicted molar refractivity (Wildman–Crippen MR) is 91.9 cm³/mol. The van der Waals surface area contributed by atoms with Crippen molar-refractivity contribution in [1.82, 2.24) is 15.2 Å². The molecule has 5 nitrogen and oxygen atoms in total. The molecule has 3 rings (SSSR count). The highest BCUT2D eigenvalue weighted by Crippen LogP contribution is 2.21. The van der Waals surface area contributed by atoms with Crippen LogP contribution in [-0.4, -0.2) is 34.8 Å². The molecule has 1 aliphatic heterocycles. The van der Waals surface area contributed by atoms with Gasteiger partial charge in [-0.25, -0.2) is 0 Å². The monoisotopic (exact) mass is 327 g/mol. The largest absolute Gasteiger partial charge is 0.355 e. The van der Waals surface area contributed by atoms with Crippen molar-refractivity contribution >= 4 is 11.8 Å². The second kappa shape index (κ2) is 8.08. The lowest BCUT2D eigenvalue weighted by molar-refractivity contribution is -0.129. The van der Waals surface area contributed by atoms with Gasteiger partial charge in [-0.1, -0.05) is 17.7 Å². The van der Waals surface area contributed by atoms with E-state index >= 15 is 0 Å². The quantitative estimate of drug-likeness (QED) is 0.816. The molecule has 2 aliphatic rings. The molecular formula is C19H25N3O2. The summed E-state index contributed by atoms with van der Waals surface area (Å²) in [6.45, 7) is 1.65. The van der Waals surface area contributed by atoms with Crippen molar-refractivity contribution in [1.29, 1.82) is 0 Å². The molecule has 2 amide bonds. The zero-order valence-electron chi connectivity index (χ0n) is 14.0. The molecular weight excluding hydrogens is 302 g/mol. The first-order valence-electron chi connectivity index (χ1n) is 8.85. The van der Waals surface area contributed by atoms with Crippen LogP contribution in [0.2, 0.25) is 0 Å². The van der Waals surface area contributed by atoms with Crippen molar-refractivity contribution in [3.8, 4) is 0 Å². The number of carbonyl (C=O) groups excluding carboxylic acids is 2. The van der Waals surface area contributed by atoms with Gasteiger partial charge >= 0.3 is 0 Å². The van der Waals surface area contributed by atoms with Crippen LogP contribution in [0.15, 0.2) is 36.0 Å². The summed E-state index contributed by atoms with van der Waals surface area (Å²) in [6, 6.07) is 5.67. The number of hydrogen-bond acceptors (Lipinski definition) is 3. The van der Waals surface area contributed by atoms with Crippen molar-refractivity contribution in [2.24, 2.45) is 5.92 Å². The molecule has 0 saturated carbocycles. The Labute approximate surface area is 143 Å². The smallest absolute Gasteiger partial charge is 0.225 e. The van der Waals surface area contributed by atoms with Crippen LogP contribution < -0.4 is 5.32 Å². The van der Waals surface area contributed by atoms with Gasteiger partial charge < -0.3 is 10.2 Å². The fourth-order valence-corrected chi connectivity index (χ4v) is 3.41. The molecule has 1 saturated heterocycles. The number of carbonyl (C=O) groups is 2. The Morgan fingerprint density at radius 3 is 3.00 bits per heavy atom. The summed E-state index contributed by atoms with van der Waals surface area (Å²) in [5, 5.41) is 3.00. The van der Waals surface area contributed by atoms with E-state index < -0.39 is 0 Å². The number of hydrogen-bond donors (Lipinski definition) is 1. The number of pyridine rings is 1. The van der Waals surface area contributed by atoms with Crippen LogP contribution in [-0.2, 0) is 16.1 Å². The number of likely N-dealkylation sites (tertiary alicyclic amines) is 1. The standard InChI is InChI=1S/C19H25N3O2/c23-18-12-16(13-22(18)14-17-8-4-5-10-20-17)19(24)21-11-9-15-6-2-1-3-7-15/h4-6,8,10,16H,1-3,7,9,11-14H2,(H,21,24)/t16-/m0/s1. The number of amides is 2. The number of rotatable bonds is 6. The van der Waals surface area contributed by atoms with Crippen LogP contribution >= 0.6 is 0 Å². The molecule has 0 spiro atoms. The Morgan fingerprint density at radius 2 is 2.25 bits per heavy atom. The third-order valence-electron chi connectivity index (χ3n) is 4.79. The maximum absolute atomic E-state index is 12.3. The highest BCUT2D eigenvalue weighted by Gasteiger charge is 2.34. The van der Waals surface area contributed by atoms with E-state index in [9.17, 15) is 9.59 Å². The van der Waals surface area contributed by atoms with Gasteiger partial charge in [0.05, 0.1) is 18.2 Å². The molecule has 1 aromatic rings. The normalized spacial score (nSPS) is 20.8. The molecule has 1 aliphatic carbocycles. The molecule has 0 bridgehead atoms. The minimum Gasteiger partial charge on any atom is -0.355 e. The molecule has 5 heteroatoms. The van der Waals surface area contributed by atoms with Gasteiger partial charge in [-0.3, -0.25) is 14.6 Å². The van der Waals surface area contributed by atoms with E-state index in [-0.39, 0.29) is 17.7 Å². The summed E-state index contributed by atoms with van der Waals surface area (Å²) in [5.41, 5.74) is 2.32. The summed E-state index contributed by atoms with van der Waals surface area (Å²) in [7, 11) is 0. The molecule has 1 aromatic heterocycles. The predicted octanol–water partition coefficient (Wildman–Crippen LogP) is 2.44. The van der Waals surface area contributed by atoms with Crippen molar-refractivity contribution in [2.45, 2.75) is 45.1 Å². The van der Waals surface area contributed by atoms with E-state index in [1.807, 2.05) is 18.2 Å². The lowest BCUT2D eigenvalue weighted by atomic mass is 9.97. The molecule has 0 aromatic carbocycles. The number of nitrogens with one attached hydrogen (secondary N) is 1. The topological polar surface area (TPSA) is 62.3 Å². The van der Waals surface area contributed by atoms with Crippen LogP contribution in [0, 0.1) is 5.92 Å². The van der Waals surface area contributed by atoms with Crippen LogP contribution in [0.4, 0.5) is 0 Å². The maximum atomic E-state index is 12.3. The number of aromatic nitrogens is 1. The molecule has 128 valence electrons. The van der Waals surface area contributed by atoms with Crippen LogP contribution in [0.25, 0.3) is 0 Å². The zero-order chi connectivity index (χ0) is 16.8. The molecule has 2 heterocycles. The molecule has 1 atom stereocenters. The minimum absolute atomic E-state index is 0.00304. The average Bonchev–Trinajstić information content (AvgIpc) is 2.97. The Kier molecular flexibility index (Phi) is 5.62. The van der Waals surface area contributed by atoms with Gasteiger partial charge in [0.2, 0.25) is 11.8 Å². The number of nitrogens with zero attached hydrogens (tertiary/aromatic N) is 2. The van der Waals surface area contributed by atoms with Gasteiger partial charge in [0.1, 0.15) is 0 Å². The van der Waals surface area contributed by atoms with E-state index in [0.717, 1.165) is 18.5 Å². The fraction of sp³-hybridized carbons (Fsp3) is 0.526. The number of allylic oxidation sites excluding steroid dienone is 1. The lowest BCUT2D eigenvalue weighted by Crippen LogP contribution is -2.33. The third kappa shape index (κ3) is 4.43. The Hall–Kier alpha value is -2.17. The van der Waals surface area contributed by atoms with E-state index in [1.54, 1.807) is 11.1 Å². The molecule has 0 radical (unpaired) electrons. The van der Waals surface area contributed by atoms with Crippen LogP contribution in [0.1, 0.15) is 44.2 Å². The van der Waals surface area contributed by atoms with Gasteiger partial charge in [-0.15, -0.1) is 0 Å². The first-order chi connectivity index (χ1) is 11.7. The first-order valence-corrected chi connectivity index (χ1v) is 8.85. The second-order valence-corrected chi connectivity index (χ2v) is 6.65. The van der Waals surface area contributed by atoms with Crippen molar-refractivity contribution in [3.05, 3.63) is 41.7 Å². The third-order valence-corrected chi connectivity index (χ3v) is 4.79. The van der Waals surface area contributed by atoms with Gasteiger partial charge in [-0.05, 0) is 44.2 Å². The summed E-state index contributed by atoms with van der Waals surface area (Å²) >= 11 is 0. The lowest BCUT2D eigenvalue weighted by Gasteiger charge is -2.16. The van der Waals surface area contributed by atoms with Crippen LogP contribution in [0.3, 0.4) is 0 Å². The first kappa shape index (κ1) is 16.7. The minimum atomic E-state index is -0.235. The molecule has 1 fully saturated rings. The average molecular weight is 327 g/mol. The summed E-state index contributed by atoms with van der Waals surface area (Å²) in [5.74, 6) is -0.194. The summed E-state index contributed by atoms with van der Waals surface area (Å²) in [6.07, 6.45) is 10.2. The van der Waals surface area contributed by atoms with Crippen molar-refractivity contribution < 1.29 is 9.59 Å².